The number of carbonyl (C=O) groups excluding carboxylic acids is 2. The Bertz CT molecular complexity index is 981. The molecule has 27 heavy (non-hydrogen) atoms. The second-order valence-corrected chi connectivity index (χ2v) is 7.67. The van der Waals surface area contributed by atoms with Crippen LogP contribution in [-0.4, -0.2) is 42.3 Å². The zero-order valence-electron chi connectivity index (χ0n) is 14.9. The summed E-state index contributed by atoms with van der Waals surface area (Å²) in [5, 5.41) is 0. The van der Waals surface area contributed by atoms with Crippen LogP contribution in [0.3, 0.4) is 0 Å². The molecule has 0 aliphatic rings. The van der Waals surface area contributed by atoms with E-state index in [9.17, 15) is 9.59 Å². The number of amides is 2. The monoisotopic (exact) mass is 451 g/mol. The molecule has 1 aromatic carbocycles. The normalized spacial score (nSPS) is 10.7. The number of hydrazine groups is 1. The lowest BCUT2D eigenvalue weighted by atomic mass is 10.3. The summed E-state index contributed by atoms with van der Waals surface area (Å²) in [5.41, 5.74) is 6.17. The molecule has 0 spiro atoms. The number of anilines is 1. The number of carbonyl (C=O) groups is 2. The summed E-state index contributed by atoms with van der Waals surface area (Å²) < 4.78 is 7.68. The van der Waals surface area contributed by atoms with Crippen molar-refractivity contribution in [1.82, 2.24) is 20.4 Å². The number of nitrogens with one attached hydrogen (secondary N) is 2. The van der Waals surface area contributed by atoms with E-state index in [0.717, 1.165) is 20.9 Å². The van der Waals surface area contributed by atoms with Crippen molar-refractivity contribution in [3.63, 3.8) is 0 Å². The van der Waals surface area contributed by atoms with Gasteiger partial charge in [-0.05, 0) is 37.3 Å². The molecule has 0 bridgehead atoms. The SMILES string of the molecule is CCOC(=O)NNC(=O)c1cc2nc(N(C)C)n(-c3ccc(Br)cc3)c2s1. The van der Waals surface area contributed by atoms with Crippen LogP contribution in [0.4, 0.5) is 10.7 Å². The largest absolute Gasteiger partial charge is 0.449 e. The predicted octanol–water partition coefficient (Wildman–Crippen LogP) is 3.31. The van der Waals surface area contributed by atoms with Crippen molar-refractivity contribution in [2.45, 2.75) is 6.92 Å². The summed E-state index contributed by atoms with van der Waals surface area (Å²) in [7, 11) is 3.83. The molecule has 0 aliphatic carbocycles. The van der Waals surface area contributed by atoms with E-state index in [1.165, 1.54) is 11.3 Å². The van der Waals surface area contributed by atoms with Crippen molar-refractivity contribution in [1.29, 1.82) is 0 Å². The van der Waals surface area contributed by atoms with Gasteiger partial charge in [0, 0.05) is 24.3 Å². The number of thiophene rings is 1. The summed E-state index contributed by atoms with van der Waals surface area (Å²) in [6.07, 6.45) is -0.709. The fourth-order valence-electron chi connectivity index (χ4n) is 2.43. The number of imidazole rings is 1. The molecule has 3 rings (SSSR count). The Kier molecular flexibility index (Phi) is 5.66. The second-order valence-electron chi connectivity index (χ2n) is 5.72. The molecule has 142 valence electrons. The quantitative estimate of drug-likeness (QED) is 0.594. The first-order valence-corrected chi connectivity index (χ1v) is 9.70. The van der Waals surface area contributed by atoms with Crippen LogP contribution in [0.25, 0.3) is 16.0 Å². The molecular formula is C17H18BrN5O3S. The standard InChI is InChI=1S/C17H18BrN5O3S/c1-4-26-17(25)21-20-14(24)13-9-12-15(27-13)23(16(19-12)22(2)3)11-7-5-10(18)6-8-11/h5-9H,4H2,1-3H3,(H,20,24)(H,21,25). The minimum atomic E-state index is -0.709. The molecule has 0 unspecified atom stereocenters. The Balaban J connectivity index is 1.94. The fraction of sp³-hybridized carbons (Fsp3) is 0.235. The maximum atomic E-state index is 12.3. The molecule has 0 atom stereocenters. The van der Waals surface area contributed by atoms with Gasteiger partial charge in [-0.25, -0.2) is 15.2 Å². The van der Waals surface area contributed by atoms with Crippen LogP contribution in [-0.2, 0) is 4.74 Å². The van der Waals surface area contributed by atoms with Crippen molar-refractivity contribution < 1.29 is 14.3 Å². The van der Waals surface area contributed by atoms with Gasteiger partial charge in [0.15, 0.2) is 0 Å². The summed E-state index contributed by atoms with van der Waals surface area (Å²) in [6.45, 7) is 1.90. The number of rotatable bonds is 4. The number of fused-ring (bicyclic) bond motifs is 1. The Morgan fingerprint density at radius 3 is 2.59 bits per heavy atom. The van der Waals surface area contributed by atoms with Crippen molar-refractivity contribution >= 4 is 55.6 Å². The van der Waals surface area contributed by atoms with E-state index >= 15 is 0 Å². The maximum Gasteiger partial charge on any atom is 0.426 e. The lowest BCUT2D eigenvalue weighted by Crippen LogP contribution is -2.41. The first kappa shape index (κ1) is 19.2. The van der Waals surface area contributed by atoms with Crippen LogP contribution >= 0.6 is 27.3 Å². The van der Waals surface area contributed by atoms with Crippen LogP contribution in [0, 0.1) is 0 Å². The molecule has 2 aromatic heterocycles. The zero-order valence-corrected chi connectivity index (χ0v) is 17.3. The van der Waals surface area contributed by atoms with Gasteiger partial charge in [-0.1, -0.05) is 15.9 Å². The average Bonchev–Trinajstić information content (AvgIpc) is 3.19. The van der Waals surface area contributed by atoms with E-state index in [4.69, 9.17) is 4.74 Å². The molecule has 0 saturated heterocycles. The van der Waals surface area contributed by atoms with Gasteiger partial charge in [-0.2, -0.15) is 0 Å². The Morgan fingerprint density at radius 2 is 1.96 bits per heavy atom. The van der Waals surface area contributed by atoms with Crippen molar-refractivity contribution in [2.75, 3.05) is 25.6 Å². The Morgan fingerprint density at radius 1 is 1.26 bits per heavy atom. The minimum absolute atomic E-state index is 0.221. The van der Waals surface area contributed by atoms with E-state index in [0.29, 0.717) is 10.4 Å². The van der Waals surface area contributed by atoms with Gasteiger partial charge < -0.3 is 9.64 Å². The number of hydrogen-bond donors (Lipinski definition) is 2. The minimum Gasteiger partial charge on any atom is -0.449 e. The third kappa shape index (κ3) is 4.06. The third-order valence-corrected chi connectivity index (χ3v) is 5.22. The van der Waals surface area contributed by atoms with Crippen LogP contribution in [0.1, 0.15) is 16.6 Å². The summed E-state index contributed by atoms with van der Waals surface area (Å²) in [5.74, 6) is 0.329. The summed E-state index contributed by atoms with van der Waals surface area (Å²) in [6, 6.07) is 9.54. The molecule has 0 radical (unpaired) electrons. The molecule has 8 nitrogen and oxygen atoms in total. The van der Waals surface area contributed by atoms with Gasteiger partial charge in [-0.15, -0.1) is 11.3 Å². The second kappa shape index (κ2) is 7.97. The van der Waals surface area contributed by atoms with E-state index in [2.05, 4.69) is 31.8 Å². The fourth-order valence-corrected chi connectivity index (χ4v) is 3.71. The smallest absolute Gasteiger partial charge is 0.426 e. The molecule has 0 aliphatic heterocycles. The lowest BCUT2D eigenvalue weighted by molar-refractivity contribution is 0.0916. The Hall–Kier alpha value is -2.59. The molecule has 2 heterocycles. The number of hydrogen-bond acceptors (Lipinski definition) is 6. The number of halogens is 1. The van der Waals surface area contributed by atoms with Gasteiger partial charge in [0.2, 0.25) is 5.95 Å². The highest BCUT2D eigenvalue weighted by molar-refractivity contribution is 9.10. The van der Waals surface area contributed by atoms with Crippen LogP contribution < -0.4 is 15.8 Å². The van der Waals surface area contributed by atoms with E-state index < -0.39 is 12.0 Å². The summed E-state index contributed by atoms with van der Waals surface area (Å²) in [4.78, 5) is 31.4. The number of aromatic nitrogens is 2. The van der Waals surface area contributed by atoms with Crippen LogP contribution in [0.2, 0.25) is 0 Å². The summed E-state index contributed by atoms with van der Waals surface area (Å²) >= 11 is 4.73. The number of ether oxygens (including phenoxy) is 1. The van der Waals surface area contributed by atoms with Gasteiger partial charge in [-0.3, -0.25) is 14.8 Å². The van der Waals surface area contributed by atoms with Crippen molar-refractivity contribution in [2.24, 2.45) is 0 Å². The molecule has 2 amide bonds. The lowest BCUT2D eigenvalue weighted by Gasteiger charge is -2.14. The number of nitrogens with zero attached hydrogens (tertiary/aromatic N) is 3. The average molecular weight is 452 g/mol. The highest BCUT2D eigenvalue weighted by Crippen LogP contribution is 2.33. The van der Waals surface area contributed by atoms with Gasteiger partial charge in [0.05, 0.1) is 11.5 Å². The van der Waals surface area contributed by atoms with Crippen LogP contribution in [0.15, 0.2) is 34.8 Å². The topological polar surface area (TPSA) is 88.5 Å². The zero-order chi connectivity index (χ0) is 19.6. The predicted molar refractivity (Wildman–Crippen MR) is 109 cm³/mol. The van der Waals surface area contributed by atoms with E-state index in [-0.39, 0.29) is 6.61 Å². The highest BCUT2D eigenvalue weighted by Gasteiger charge is 2.20. The number of benzene rings is 1. The Labute approximate surface area is 168 Å². The van der Waals surface area contributed by atoms with E-state index in [1.807, 2.05) is 47.8 Å². The first-order chi connectivity index (χ1) is 12.9. The van der Waals surface area contributed by atoms with Crippen molar-refractivity contribution in [3.8, 4) is 5.69 Å². The molecule has 3 aromatic rings. The molecule has 0 fully saturated rings. The van der Waals surface area contributed by atoms with Crippen molar-refractivity contribution in [3.05, 3.63) is 39.7 Å². The molecule has 2 N–H and O–H groups in total. The molecule has 0 saturated carbocycles. The molecular weight excluding hydrogens is 434 g/mol. The van der Waals surface area contributed by atoms with E-state index in [1.54, 1.807) is 13.0 Å². The van der Waals surface area contributed by atoms with Crippen LogP contribution in [0.5, 0.6) is 0 Å². The highest BCUT2D eigenvalue weighted by atomic mass is 79.9. The van der Waals surface area contributed by atoms with Gasteiger partial charge in [0.25, 0.3) is 5.91 Å². The van der Waals surface area contributed by atoms with Gasteiger partial charge >= 0.3 is 6.09 Å². The van der Waals surface area contributed by atoms with Gasteiger partial charge in [0.1, 0.15) is 10.3 Å². The first-order valence-electron chi connectivity index (χ1n) is 8.09. The third-order valence-electron chi connectivity index (χ3n) is 3.58. The maximum absolute atomic E-state index is 12.3. The molecule has 10 heteroatoms.